The smallest absolute Gasteiger partial charge is 0.161 e. The summed E-state index contributed by atoms with van der Waals surface area (Å²) in [5.74, 6) is 0.628. The lowest BCUT2D eigenvalue weighted by Gasteiger charge is -2.18. The first kappa shape index (κ1) is 16.1. The lowest BCUT2D eigenvalue weighted by Crippen LogP contribution is -2.10. The van der Waals surface area contributed by atoms with Crippen molar-refractivity contribution in [3.63, 3.8) is 0 Å². The third-order valence-corrected chi connectivity index (χ3v) is 3.38. The molecule has 0 fully saturated rings. The minimum Gasteiger partial charge on any atom is -0.504 e. The maximum Gasteiger partial charge on any atom is 0.161 e. The number of nitrogens with zero attached hydrogens (tertiary/aromatic N) is 1. The number of hydrogen-bond acceptors (Lipinski definition) is 3. The zero-order valence-corrected chi connectivity index (χ0v) is 13.6. The first-order valence-electron chi connectivity index (χ1n) is 7.50. The van der Waals surface area contributed by atoms with E-state index in [9.17, 15) is 5.11 Å². The Kier molecular flexibility index (Phi) is 4.86. The SMILES string of the molecule is CCOc1cc(C=Nc2ccc(C(C)(C)C)cc2)ccc1O. The molecule has 0 aliphatic carbocycles. The van der Waals surface area contributed by atoms with Crippen LogP contribution in [0, 0.1) is 0 Å². The summed E-state index contributed by atoms with van der Waals surface area (Å²) in [5, 5.41) is 9.69. The third kappa shape index (κ3) is 4.10. The molecule has 2 aromatic rings. The number of rotatable bonds is 4. The highest BCUT2D eigenvalue weighted by Gasteiger charge is 2.12. The van der Waals surface area contributed by atoms with Gasteiger partial charge in [-0.15, -0.1) is 0 Å². The highest BCUT2D eigenvalue weighted by molar-refractivity contribution is 5.83. The van der Waals surface area contributed by atoms with E-state index in [1.54, 1.807) is 18.3 Å². The average molecular weight is 297 g/mol. The Balaban J connectivity index is 2.16. The standard InChI is InChI=1S/C19H23NO2/c1-5-22-18-12-14(6-11-17(18)21)13-20-16-9-7-15(8-10-16)19(2,3)4/h6-13,21H,5H2,1-4H3. The molecular weight excluding hydrogens is 274 g/mol. The normalized spacial score (nSPS) is 11.8. The zero-order valence-electron chi connectivity index (χ0n) is 13.6. The molecule has 0 radical (unpaired) electrons. The largest absolute Gasteiger partial charge is 0.504 e. The summed E-state index contributed by atoms with van der Waals surface area (Å²) in [6.07, 6.45) is 1.77. The molecule has 3 heteroatoms. The highest BCUT2D eigenvalue weighted by Crippen LogP contribution is 2.27. The van der Waals surface area contributed by atoms with E-state index in [1.807, 2.05) is 25.1 Å². The summed E-state index contributed by atoms with van der Waals surface area (Å²) in [4.78, 5) is 4.47. The number of phenols is 1. The second-order valence-corrected chi connectivity index (χ2v) is 6.22. The average Bonchev–Trinajstić information content (AvgIpc) is 2.48. The molecule has 0 aliphatic rings. The van der Waals surface area contributed by atoms with Crippen LogP contribution >= 0.6 is 0 Å². The lowest BCUT2D eigenvalue weighted by molar-refractivity contribution is 0.318. The van der Waals surface area contributed by atoms with Crippen molar-refractivity contribution in [1.29, 1.82) is 0 Å². The number of benzene rings is 2. The summed E-state index contributed by atoms with van der Waals surface area (Å²) < 4.78 is 5.37. The molecule has 2 aromatic carbocycles. The predicted octanol–water partition coefficient (Wildman–Crippen LogP) is 4.84. The van der Waals surface area contributed by atoms with Crippen LogP contribution in [0.4, 0.5) is 5.69 Å². The fraction of sp³-hybridized carbons (Fsp3) is 0.316. The third-order valence-electron chi connectivity index (χ3n) is 3.38. The van der Waals surface area contributed by atoms with Gasteiger partial charge in [0, 0.05) is 6.21 Å². The Morgan fingerprint density at radius 1 is 1.09 bits per heavy atom. The van der Waals surface area contributed by atoms with Gasteiger partial charge in [0.15, 0.2) is 11.5 Å². The van der Waals surface area contributed by atoms with Crippen LogP contribution in [-0.2, 0) is 5.41 Å². The lowest BCUT2D eigenvalue weighted by atomic mass is 9.87. The molecule has 0 unspecified atom stereocenters. The van der Waals surface area contributed by atoms with E-state index in [4.69, 9.17) is 4.74 Å². The Morgan fingerprint density at radius 2 is 1.77 bits per heavy atom. The molecule has 0 heterocycles. The van der Waals surface area contributed by atoms with E-state index in [2.05, 4.69) is 37.9 Å². The summed E-state index contributed by atoms with van der Waals surface area (Å²) in [6, 6.07) is 13.5. The van der Waals surface area contributed by atoms with E-state index >= 15 is 0 Å². The molecule has 0 amide bonds. The Morgan fingerprint density at radius 3 is 2.36 bits per heavy atom. The Bertz CT molecular complexity index is 652. The summed E-state index contributed by atoms with van der Waals surface area (Å²) in [6.45, 7) is 8.98. The molecule has 116 valence electrons. The van der Waals surface area contributed by atoms with Gasteiger partial charge in [-0.05, 0) is 53.8 Å². The molecule has 0 bridgehead atoms. The van der Waals surface area contributed by atoms with Crippen LogP contribution in [0.2, 0.25) is 0 Å². The maximum atomic E-state index is 9.69. The predicted molar refractivity (Wildman–Crippen MR) is 91.7 cm³/mol. The van der Waals surface area contributed by atoms with Gasteiger partial charge in [0.05, 0.1) is 12.3 Å². The molecule has 0 spiro atoms. The fourth-order valence-electron chi connectivity index (χ4n) is 2.08. The number of ether oxygens (including phenoxy) is 1. The van der Waals surface area contributed by atoms with Crippen molar-refractivity contribution in [2.45, 2.75) is 33.1 Å². The zero-order chi connectivity index (χ0) is 16.2. The number of aliphatic imine (C=N–C) groups is 1. The van der Waals surface area contributed by atoms with E-state index in [1.165, 1.54) is 5.56 Å². The molecule has 0 saturated carbocycles. The van der Waals surface area contributed by atoms with Crippen LogP contribution in [0.25, 0.3) is 0 Å². The molecule has 0 aromatic heterocycles. The van der Waals surface area contributed by atoms with E-state index in [0.717, 1.165) is 11.3 Å². The molecule has 0 saturated heterocycles. The van der Waals surface area contributed by atoms with Crippen LogP contribution in [0.5, 0.6) is 11.5 Å². The van der Waals surface area contributed by atoms with Crippen molar-refractivity contribution in [2.24, 2.45) is 4.99 Å². The van der Waals surface area contributed by atoms with Gasteiger partial charge in [-0.1, -0.05) is 32.9 Å². The Hall–Kier alpha value is -2.29. The molecule has 3 nitrogen and oxygen atoms in total. The van der Waals surface area contributed by atoms with Crippen molar-refractivity contribution < 1.29 is 9.84 Å². The highest BCUT2D eigenvalue weighted by atomic mass is 16.5. The number of aromatic hydroxyl groups is 1. The monoisotopic (exact) mass is 297 g/mol. The molecule has 0 aliphatic heterocycles. The molecule has 2 rings (SSSR count). The maximum absolute atomic E-state index is 9.69. The topological polar surface area (TPSA) is 41.8 Å². The molecular formula is C19H23NO2. The van der Waals surface area contributed by atoms with Crippen LogP contribution in [0.3, 0.4) is 0 Å². The van der Waals surface area contributed by atoms with Crippen molar-refractivity contribution in [2.75, 3.05) is 6.61 Å². The number of hydrogen-bond donors (Lipinski definition) is 1. The van der Waals surface area contributed by atoms with Gasteiger partial charge in [0.2, 0.25) is 0 Å². The van der Waals surface area contributed by atoms with E-state index in [-0.39, 0.29) is 11.2 Å². The van der Waals surface area contributed by atoms with E-state index in [0.29, 0.717) is 12.4 Å². The number of phenolic OH excluding ortho intramolecular Hbond substituents is 1. The summed E-state index contributed by atoms with van der Waals surface area (Å²) >= 11 is 0. The van der Waals surface area contributed by atoms with Crippen LogP contribution in [0.1, 0.15) is 38.8 Å². The van der Waals surface area contributed by atoms with Gasteiger partial charge in [0.1, 0.15) is 0 Å². The first-order chi connectivity index (χ1) is 10.4. The van der Waals surface area contributed by atoms with Crippen molar-refractivity contribution in [1.82, 2.24) is 0 Å². The van der Waals surface area contributed by atoms with E-state index < -0.39 is 0 Å². The minimum absolute atomic E-state index is 0.144. The quantitative estimate of drug-likeness (QED) is 0.820. The first-order valence-corrected chi connectivity index (χ1v) is 7.50. The fourth-order valence-corrected chi connectivity index (χ4v) is 2.08. The van der Waals surface area contributed by atoms with Crippen molar-refractivity contribution in [3.05, 3.63) is 53.6 Å². The summed E-state index contributed by atoms with van der Waals surface area (Å²) in [5.41, 5.74) is 3.22. The molecule has 1 N–H and O–H groups in total. The van der Waals surface area contributed by atoms with Crippen LogP contribution in [0.15, 0.2) is 47.5 Å². The van der Waals surface area contributed by atoms with Crippen LogP contribution < -0.4 is 4.74 Å². The minimum atomic E-state index is 0.144. The summed E-state index contributed by atoms with van der Waals surface area (Å²) in [7, 11) is 0. The molecule has 22 heavy (non-hydrogen) atoms. The second kappa shape index (κ2) is 6.65. The Labute approximate surface area is 132 Å². The molecule has 0 atom stereocenters. The van der Waals surface area contributed by atoms with Crippen LogP contribution in [-0.4, -0.2) is 17.9 Å². The van der Waals surface area contributed by atoms with Gasteiger partial charge in [-0.25, -0.2) is 0 Å². The second-order valence-electron chi connectivity index (χ2n) is 6.22. The van der Waals surface area contributed by atoms with Gasteiger partial charge in [-0.2, -0.15) is 0 Å². The van der Waals surface area contributed by atoms with Gasteiger partial charge < -0.3 is 9.84 Å². The van der Waals surface area contributed by atoms with Crippen molar-refractivity contribution >= 4 is 11.9 Å². The van der Waals surface area contributed by atoms with Gasteiger partial charge in [0.25, 0.3) is 0 Å². The van der Waals surface area contributed by atoms with Gasteiger partial charge >= 0.3 is 0 Å². The van der Waals surface area contributed by atoms with Crippen molar-refractivity contribution in [3.8, 4) is 11.5 Å². The van der Waals surface area contributed by atoms with Gasteiger partial charge in [-0.3, -0.25) is 4.99 Å².